The lowest BCUT2D eigenvalue weighted by atomic mass is 10.2. The monoisotopic (exact) mass is 197 g/mol. The Morgan fingerprint density at radius 2 is 2.62 bits per heavy atom. The van der Waals surface area contributed by atoms with E-state index in [1.807, 2.05) is 14.2 Å². The molecule has 0 aliphatic carbocycles. The minimum Gasteiger partial charge on any atom is -0.351 e. The predicted molar refractivity (Wildman–Crippen MR) is 56.7 cm³/mol. The normalized spacial score (nSPS) is 15.2. The highest BCUT2D eigenvalue weighted by molar-refractivity contribution is 7.94. The molecule has 0 aromatic carbocycles. The molecule has 13 heavy (non-hydrogen) atoms. The number of rotatable bonds is 4. The summed E-state index contributed by atoms with van der Waals surface area (Å²) in [4.78, 5) is 18.3. The first-order valence-corrected chi connectivity index (χ1v) is 6.29. The fraction of sp³-hybridized carbons (Fsp3) is 0.429. The van der Waals surface area contributed by atoms with E-state index in [0.29, 0.717) is 6.42 Å². The first kappa shape index (κ1) is 10.4. The van der Waals surface area contributed by atoms with Crippen LogP contribution in [0.4, 0.5) is 0 Å². The Bertz CT molecular complexity index is 275. The summed E-state index contributed by atoms with van der Waals surface area (Å²) in [6.45, 7) is 1.92. The zero-order valence-corrected chi connectivity index (χ0v) is 8.71. The molecule has 70 valence electrons. The molecule has 0 saturated heterocycles. The van der Waals surface area contributed by atoms with Crippen LogP contribution in [0.5, 0.6) is 0 Å². The molecule has 0 radical (unpaired) electrons. The Hall–Kier alpha value is -0.665. The predicted octanol–water partition coefficient (Wildman–Crippen LogP) is -0.534. The first-order chi connectivity index (χ1) is 6.11. The molecule has 0 bridgehead atoms. The molecule has 1 aromatic heterocycles. The molecule has 0 spiro atoms. The number of H-pyrrole nitrogens is 1. The first-order valence-electron chi connectivity index (χ1n) is 4.05. The maximum absolute atomic E-state index is 11.4. The van der Waals surface area contributed by atoms with Gasteiger partial charge in [0.15, 0.2) is 5.52 Å². The van der Waals surface area contributed by atoms with Gasteiger partial charge in [0.25, 0.3) is 0 Å². The number of aromatic amines is 1. The molecule has 1 rings (SSSR count). The van der Waals surface area contributed by atoms with Crippen molar-refractivity contribution in [1.82, 2.24) is 9.97 Å². The lowest BCUT2D eigenvalue weighted by molar-refractivity contribution is -0.112. The van der Waals surface area contributed by atoms with Gasteiger partial charge in [-0.25, -0.2) is 4.98 Å². The number of nitrogens with one attached hydrogen (secondary N) is 1. The summed E-state index contributed by atoms with van der Waals surface area (Å²) in [5.41, 5.74) is 6.72. The van der Waals surface area contributed by atoms with Gasteiger partial charge in [-0.15, -0.1) is 0 Å². The second-order valence-electron chi connectivity index (χ2n) is 3.10. The van der Waals surface area contributed by atoms with Crippen molar-refractivity contribution in [2.45, 2.75) is 12.5 Å². The fourth-order valence-corrected chi connectivity index (χ4v) is 1.80. The Balaban J connectivity index is 2.51. The van der Waals surface area contributed by atoms with Gasteiger partial charge in [-0.1, -0.05) is 7.80 Å². The number of nitrogens with two attached hydrogens (primary N) is 1. The maximum atomic E-state index is 11.4. The number of imidazole rings is 1. The smallest absolute Gasteiger partial charge is 0.161 e. The number of nitrogens with zero attached hydrogens (tertiary/aromatic N) is 1. The van der Waals surface area contributed by atoms with E-state index < -0.39 is 13.8 Å². The van der Waals surface area contributed by atoms with Crippen molar-refractivity contribution in [1.29, 1.82) is 0 Å². The highest BCUT2D eigenvalue weighted by atomic mass is 31.1. The summed E-state index contributed by atoms with van der Waals surface area (Å²) in [5, 5.41) is 0. The molecule has 2 atom stereocenters. The van der Waals surface area contributed by atoms with Gasteiger partial charge in [0.05, 0.1) is 18.1 Å². The highest BCUT2D eigenvalue weighted by Gasteiger charge is 2.17. The summed E-state index contributed by atoms with van der Waals surface area (Å²) in [6, 6.07) is -0.399. The maximum Gasteiger partial charge on any atom is 0.161 e. The van der Waals surface area contributed by atoms with Crippen LogP contribution in [-0.2, 0) is 11.2 Å². The van der Waals surface area contributed by atoms with Gasteiger partial charge in [-0.3, -0.25) is 4.79 Å². The number of carbonyl (C=O) groups excluding carboxylic acids is 1. The van der Waals surface area contributed by atoms with Crippen molar-refractivity contribution < 1.29 is 4.79 Å². The van der Waals surface area contributed by atoms with Crippen LogP contribution in [0.1, 0.15) is 5.69 Å². The third kappa shape index (κ3) is 2.94. The van der Waals surface area contributed by atoms with Gasteiger partial charge in [0.2, 0.25) is 0 Å². The molecule has 3 N–H and O–H groups in total. The highest BCUT2D eigenvalue weighted by Crippen LogP contribution is 2.25. The Morgan fingerprint density at radius 1 is 1.92 bits per heavy atom. The van der Waals surface area contributed by atoms with Crippen molar-refractivity contribution in [3.8, 4) is 0 Å². The molecule has 1 heterocycles. The molecular weight excluding hydrogens is 184 g/mol. The van der Waals surface area contributed by atoms with Crippen LogP contribution in [0.15, 0.2) is 12.5 Å². The van der Waals surface area contributed by atoms with Gasteiger partial charge in [-0.2, -0.15) is 0 Å². The molecule has 0 aliphatic heterocycles. The van der Waals surface area contributed by atoms with E-state index in [9.17, 15) is 4.79 Å². The van der Waals surface area contributed by atoms with Gasteiger partial charge in [-0.05, 0) is 6.66 Å². The standard InChI is InChI=1S/C7H13BN3OP/c1-13(8)7(12)6(9)2-5-3-10-4-11-5/h3-4,6H,2,8-9H2,1H3,(H,10,11). The van der Waals surface area contributed by atoms with Gasteiger partial charge in [0.1, 0.15) is 7.57 Å². The van der Waals surface area contributed by atoms with Gasteiger partial charge < -0.3 is 10.7 Å². The van der Waals surface area contributed by atoms with E-state index in [-0.39, 0.29) is 5.52 Å². The summed E-state index contributed by atoms with van der Waals surface area (Å²) in [5.74, 6) is 0. The SMILES string of the molecule is BP(C)C(=O)C(N)Cc1c[nH]cn1. The van der Waals surface area contributed by atoms with Crippen molar-refractivity contribution in [2.75, 3.05) is 6.66 Å². The molecule has 4 nitrogen and oxygen atoms in total. The lowest BCUT2D eigenvalue weighted by Crippen LogP contribution is -2.31. The Kier molecular flexibility index (Phi) is 3.64. The van der Waals surface area contributed by atoms with Crippen molar-refractivity contribution in [2.24, 2.45) is 5.73 Å². The summed E-state index contributed by atoms with van der Waals surface area (Å²) >= 11 is 0. The lowest BCUT2D eigenvalue weighted by Gasteiger charge is -2.11. The zero-order chi connectivity index (χ0) is 9.84. The molecule has 0 saturated carbocycles. The van der Waals surface area contributed by atoms with Crippen LogP contribution in [-0.4, -0.2) is 35.8 Å². The summed E-state index contributed by atoms with van der Waals surface area (Å²) < 4.78 is 0. The van der Waals surface area contributed by atoms with Crippen LogP contribution in [0.25, 0.3) is 0 Å². The van der Waals surface area contributed by atoms with E-state index in [0.717, 1.165) is 5.69 Å². The van der Waals surface area contributed by atoms with E-state index in [2.05, 4.69) is 9.97 Å². The molecule has 1 aromatic rings. The molecular formula is C7H13BN3OP. The van der Waals surface area contributed by atoms with Crippen molar-refractivity contribution in [3.63, 3.8) is 0 Å². The average Bonchev–Trinajstić information content (AvgIpc) is 2.55. The van der Waals surface area contributed by atoms with Crippen LogP contribution in [0, 0.1) is 0 Å². The van der Waals surface area contributed by atoms with E-state index in [4.69, 9.17) is 5.73 Å². The fourth-order valence-electron chi connectivity index (χ4n) is 1.05. The summed E-state index contributed by atoms with van der Waals surface area (Å²) in [7, 11) is 1.33. The average molecular weight is 197 g/mol. The largest absolute Gasteiger partial charge is 0.351 e. The van der Waals surface area contributed by atoms with Gasteiger partial charge >= 0.3 is 0 Å². The molecule has 2 unspecified atom stereocenters. The Labute approximate surface area is 79.4 Å². The third-order valence-electron chi connectivity index (χ3n) is 1.74. The minimum atomic E-state index is -0.585. The quantitative estimate of drug-likeness (QED) is 0.503. The summed E-state index contributed by atoms with van der Waals surface area (Å²) in [6.07, 6.45) is 3.89. The van der Waals surface area contributed by atoms with Crippen molar-refractivity contribution >= 4 is 20.9 Å². The topological polar surface area (TPSA) is 71.8 Å². The zero-order valence-electron chi connectivity index (χ0n) is 7.82. The molecule has 0 amide bonds. The number of hydrogen-bond acceptors (Lipinski definition) is 3. The van der Waals surface area contributed by atoms with Crippen LogP contribution < -0.4 is 5.73 Å². The van der Waals surface area contributed by atoms with E-state index in [1.165, 1.54) is 0 Å². The number of carbonyl (C=O) groups is 1. The molecule has 6 heteroatoms. The van der Waals surface area contributed by atoms with Crippen LogP contribution >= 0.6 is 7.80 Å². The second-order valence-corrected chi connectivity index (χ2v) is 5.33. The molecule has 0 fully saturated rings. The Morgan fingerprint density at radius 3 is 3.08 bits per heavy atom. The third-order valence-corrected chi connectivity index (χ3v) is 2.96. The number of aromatic nitrogens is 2. The van der Waals surface area contributed by atoms with E-state index in [1.54, 1.807) is 12.5 Å². The second kappa shape index (κ2) is 4.54. The number of hydrogen-bond donors (Lipinski definition) is 2. The van der Waals surface area contributed by atoms with Gasteiger partial charge in [0, 0.05) is 12.6 Å². The van der Waals surface area contributed by atoms with Crippen LogP contribution in [0.2, 0.25) is 0 Å². The van der Waals surface area contributed by atoms with Crippen molar-refractivity contribution in [3.05, 3.63) is 18.2 Å². The van der Waals surface area contributed by atoms with E-state index >= 15 is 0 Å². The molecule has 0 aliphatic rings. The minimum absolute atomic E-state index is 0.151. The van der Waals surface area contributed by atoms with Crippen LogP contribution in [0.3, 0.4) is 0 Å².